The molecule has 3 rings (SSSR count). The first kappa shape index (κ1) is 19.7. The third kappa shape index (κ3) is 4.27. The number of carbonyl (C=O) groups is 3. The molecule has 0 bridgehead atoms. The lowest BCUT2D eigenvalue weighted by Gasteiger charge is -2.31. The third-order valence-corrected chi connectivity index (χ3v) is 5.12. The average molecular weight is 388 g/mol. The van der Waals surface area contributed by atoms with Crippen LogP contribution in [0.2, 0.25) is 0 Å². The van der Waals surface area contributed by atoms with Crippen LogP contribution in [0, 0.1) is 5.92 Å². The third-order valence-electron chi connectivity index (χ3n) is 5.12. The maximum Gasteiger partial charge on any atom is 0.306 e. The van der Waals surface area contributed by atoms with Gasteiger partial charge in [0.05, 0.1) is 25.1 Å². The average Bonchev–Trinajstić information content (AvgIpc) is 2.72. The Morgan fingerprint density at radius 1 is 1.29 bits per heavy atom. The largest absolute Gasteiger partial charge is 0.497 e. The van der Waals surface area contributed by atoms with Gasteiger partial charge in [-0.1, -0.05) is 0 Å². The van der Waals surface area contributed by atoms with Crippen LogP contribution in [0.1, 0.15) is 18.4 Å². The Kier molecular flexibility index (Phi) is 5.87. The number of likely N-dealkylation sites (tertiary alicyclic amines) is 1. The highest BCUT2D eigenvalue weighted by Gasteiger charge is 2.28. The summed E-state index contributed by atoms with van der Waals surface area (Å²) in [7, 11) is 3.14. The second kappa shape index (κ2) is 8.33. The highest BCUT2D eigenvalue weighted by Crippen LogP contribution is 2.30. The molecule has 0 aliphatic carbocycles. The Bertz CT molecular complexity index is 811. The van der Waals surface area contributed by atoms with Gasteiger partial charge in [0.15, 0.2) is 0 Å². The summed E-state index contributed by atoms with van der Waals surface area (Å²) in [6.45, 7) is 0.882. The lowest BCUT2D eigenvalue weighted by molar-refractivity contribution is -0.146. The molecule has 2 amide bonds. The number of benzene rings is 1. The molecule has 1 fully saturated rings. The van der Waals surface area contributed by atoms with Crippen molar-refractivity contribution in [1.29, 1.82) is 0 Å². The standard InChI is InChI=1S/C20H24N2O6/c1-21(11-18(23)22-7-5-13(6-8-22)20(25)26)19(24)15-9-14-10-16(27-2)3-4-17(14)28-12-15/h3-4,9-10,13H,5-8,11-12H2,1-2H3,(H,25,26). The Morgan fingerprint density at radius 3 is 2.64 bits per heavy atom. The number of fused-ring (bicyclic) bond motifs is 1. The van der Waals surface area contributed by atoms with Crippen LogP contribution in [-0.4, -0.2) is 73.1 Å². The van der Waals surface area contributed by atoms with E-state index in [1.54, 1.807) is 43.3 Å². The Hall–Kier alpha value is -3.03. The molecule has 1 aromatic carbocycles. The summed E-state index contributed by atoms with van der Waals surface area (Å²) < 4.78 is 10.8. The molecule has 0 spiro atoms. The number of methoxy groups -OCH3 is 1. The second-order valence-corrected chi connectivity index (χ2v) is 7.02. The van der Waals surface area contributed by atoms with Crippen LogP contribution in [0.15, 0.2) is 23.8 Å². The van der Waals surface area contributed by atoms with Crippen molar-refractivity contribution >= 4 is 23.9 Å². The number of nitrogens with zero attached hydrogens (tertiary/aromatic N) is 2. The lowest BCUT2D eigenvalue weighted by atomic mass is 9.97. The first-order chi connectivity index (χ1) is 13.4. The molecule has 8 nitrogen and oxygen atoms in total. The molecule has 0 atom stereocenters. The minimum absolute atomic E-state index is 0.0567. The van der Waals surface area contributed by atoms with Crippen LogP contribution in [0.3, 0.4) is 0 Å². The number of amides is 2. The van der Waals surface area contributed by atoms with Crippen molar-refractivity contribution in [3.63, 3.8) is 0 Å². The number of hydrogen-bond donors (Lipinski definition) is 1. The van der Waals surface area contributed by atoms with Gasteiger partial charge >= 0.3 is 5.97 Å². The second-order valence-electron chi connectivity index (χ2n) is 7.02. The van der Waals surface area contributed by atoms with Gasteiger partial charge in [0, 0.05) is 25.7 Å². The highest BCUT2D eigenvalue weighted by atomic mass is 16.5. The predicted molar refractivity (Wildman–Crippen MR) is 101 cm³/mol. The number of likely N-dealkylation sites (N-methyl/N-ethyl adjacent to an activating group) is 1. The Balaban J connectivity index is 1.61. The van der Waals surface area contributed by atoms with Gasteiger partial charge in [-0.2, -0.15) is 0 Å². The summed E-state index contributed by atoms with van der Waals surface area (Å²) >= 11 is 0. The molecule has 2 aliphatic heterocycles. The molecule has 2 heterocycles. The zero-order valence-electron chi connectivity index (χ0n) is 16.0. The first-order valence-electron chi connectivity index (χ1n) is 9.16. The quantitative estimate of drug-likeness (QED) is 0.816. The van der Waals surface area contributed by atoms with Crippen molar-refractivity contribution in [3.05, 3.63) is 29.3 Å². The van der Waals surface area contributed by atoms with E-state index in [0.29, 0.717) is 43.0 Å². The highest BCUT2D eigenvalue weighted by molar-refractivity contribution is 6.00. The summed E-state index contributed by atoms with van der Waals surface area (Å²) in [5.74, 6) is -0.329. The Labute approximate surface area is 163 Å². The van der Waals surface area contributed by atoms with Gasteiger partial charge in [0.25, 0.3) is 5.91 Å². The van der Waals surface area contributed by atoms with Crippen LogP contribution in [-0.2, 0) is 14.4 Å². The maximum absolute atomic E-state index is 12.7. The fourth-order valence-corrected chi connectivity index (χ4v) is 3.40. The summed E-state index contributed by atoms with van der Waals surface area (Å²) in [6, 6.07) is 5.37. The number of hydrogen-bond acceptors (Lipinski definition) is 5. The molecular weight excluding hydrogens is 364 g/mol. The number of piperidine rings is 1. The zero-order valence-corrected chi connectivity index (χ0v) is 16.0. The van der Waals surface area contributed by atoms with E-state index in [-0.39, 0.29) is 25.0 Å². The van der Waals surface area contributed by atoms with Crippen LogP contribution in [0.5, 0.6) is 11.5 Å². The van der Waals surface area contributed by atoms with E-state index in [4.69, 9.17) is 14.6 Å². The van der Waals surface area contributed by atoms with Crippen molar-refractivity contribution in [3.8, 4) is 11.5 Å². The first-order valence-corrected chi connectivity index (χ1v) is 9.16. The van der Waals surface area contributed by atoms with Gasteiger partial charge in [-0.25, -0.2) is 0 Å². The predicted octanol–water partition coefficient (Wildman–Crippen LogP) is 1.25. The number of rotatable bonds is 5. The van der Waals surface area contributed by atoms with Gasteiger partial charge in [-0.3, -0.25) is 14.4 Å². The number of carboxylic acid groups (broad SMARTS) is 1. The van der Waals surface area contributed by atoms with E-state index in [2.05, 4.69) is 0 Å². The van der Waals surface area contributed by atoms with E-state index in [1.807, 2.05) is 0 Å². The molecule has 0 unspecified atom stereocenters. The van der Waals surface area contributed by atoms with Gasteiger partial charge in [-0.15, -0.1) is 0 Å². The van der Waals surface area contributed by atoms with Crippen molar-refractivity contribution < 1.29 is 29.0 Å². The van der Waals surface area contributed by atoms with Crippen LogP contribution >= 0.6 is 0 Å². The minimum Gasteiger partial charge on any atom is -0.497 e. The van der Waals surface area contributed by atoms with Gasteiger partial charge in [0.1, 0.15) is 18.1 Å². The maximum atomic E-state index is 12.7. The van der Waals surface area contributed by atoms with E-state index in [1.165, 1.54) is 4.90 Å². The monoisotopic (exact) mass is 388 g/mol. The van der Waals surface area contributed by atoms with Gasteiger partial charge in [0.2, 0.25) is 5.91 Å². The van der Waals surface area contributed by atoms with Crippen LogP contribution in [0.25, 0.3) is 6.08 Å². The van der Waals surface area contributed by atoms with Crippen molar-refractivity contribution in [2.75, 3.05) is 40.4 Å². The summed E-state index contributed by atoms with van der Waals surface area (Å²) in [4.78, 5) is 39.2. The topological polar surface area (TPSA) is 96.4 Å². The fraction of sp³-hybridized carbons (Fsp3) is 0.450. The molecule has 0 radical (unpaired) electrons. The van der Waals surface area contributed by atoms with Crippen LogP contribution in [0.4, 0.5) is 0 Å². The molecule has 0 saturated carbocycles. The molecule has 2 aliphatic rings. The normalized spacial score (nSPS) is 16.5. The SMILES string of the molecule is COc1ccc2c(c1)C=C(C(=O)N(C)CC(=O)N1CCC(C(=O)O)CC1)CO2. The molecule has 28 heavy (non-hydrogen) atoms. The lowest BCUT2D eigenvalue weighted by Crippen LogP contribution is -2.46. The fourth-order valence-electron chi connectivity index (χ4n) is 3.40. The van der Waals surface area contributed by atoms with E-state index in [9.17, 15) is 14.4 Å². The van der Waals surface area contributed by atoms with Crippen molar-refractivity contribution in [2.24, 2.45) is 5.92 Å². The molecule has 8 heteroatoms. The minimum atomic E-state index is -0.819. The number of carbonyl (C=O) groups excluding carboxylic acids is 2. The number of carboxylic acids is 1. The van der Waals surface area contributed by atoms with E-state index >= 15 is 0 Å². The van der Waals surface area contributed by atoms with Crippen molar-refractivity contribution in [1.82, 2.24) is 9.80 Å². The smallest absolute Gasteiger partial charge is 0.306 e. The number of aliphatic carboxylic acids is 1. The van der Waals surface area contributed by atoms with Gasteiger partial charge < -0.3 is 24.4 Å². The molecule has 0 aromatic heterocycles. The molecule has 150 valence electrons. The van der Waals surface area contributed by atoms with Crippen molar-refractivity contribution in [2.45, 2.75) is 12.8 Å². The Morgan fingerprint density at radius 2 is 2.00 bits per heavy atom. The molecule has 1 aromatic rings. The molecule has 1 N–H and O–H groups in total. The summed E-state index contributed by atoms with van der Waals surface area (Å²) in [5.41, 5.74) is 1.21. The molecule has 1 saturated heterocycles. The van der Waals surface area contributed by atoms with Crippen LogP contribution < -0.4 is 9.47 Å². The summed E-state index contributed by atoms with van der Waals surface area (Å²) in [6.07, 6.45) is 2.63. The molecular formula is C20H24N2O6. The van der Waals surface area contributed by atoms with E-state index in [0.717, 1.165) is 5.56 Å². The zero-order chi connectivity index (χ0) is 20.3. The van der Waals surface area contributed by atoms with Gasteiger partial charge in [-0.05, 0) is 37.1 Å². The number of ether oxygens (including phenoxy) is 2. The summed E-state index contributed by atoms with van der Waals surface area (Å²) in [5, 5.41) is 9.05. The van der Waals surface area contributed by atoms with E-state index < -0.39 is 11.9 Å².